The van der Waals surface area contributed by atoms with Crippen LogP contribution in [0.5, 0.6) is 23.0 Å². The molecule has 0 fully saturated rings. The van der Waals surface area contributed by atoms with Gasteiger partial charge in [0.05, 0.1) is 20.1 Å². The van der Waals surface area contributed by atoms with Gasteiger partial charge in [0.1, 0.15) is 40.4 Å². The lowest BCUT2D eigenvalue weighted by Gasteiger charge is -2.17. The summed E-state index contributed by atoms with van der Waals surface area (Å²) in [6.45, 7) is 2.20. The molecule has 0 amide bonds. The van der Waals surface area contributed by atoms with Crippen LogP contribution in [0.4, 0.5) is 4.39 Å². The number of fused-ring (bicyclic) bond motifs is 3. The molecule has 0 spiro atoms. The fourth-order valence-electron chi connectivity index (χ4n) is 5.01. The number of benzene rings is 3. The van der Waals surface area contributed by atoms with Gasteiger partial charge in [0, 0.05) is 41.7 Å². The molecule has 6 rings (SSSR count). The van der Waals surface area contributed by atoms with Crippen molar-refractivity contribution in [2.75, 3.05) is 13.7 Å². The number of hydrogen-bond acceptors (Lipinski definition) is 7. The predicted molar refractivity (Wildman–Crippen MR) is 128 cm³/mol. The molecule has 36 heavy (non-hydrogen) atoms. The zero-order valence-electron chi connectivity index (χ0n) is 19.9. The van der Waals surface area contributed by atoms with Crippen molar-refractivity contribution in [1.82, 2.24) is 4.98 Å². The second kappa shape index (κ2) is 8.86. The molecule has 2 heterocycles. The van der Waals surface area contributed by atoms with Gasteiger partial charge in [-0.1, -0.05) is 6.07 Å². The summed E-state index contributed by atoms with van der Waals surface area (Å²) in [5.41, 5.74) is 3.64. The van der Waals surface area contributed by atoms with Crippen LogP contribution in [0, 0.1) is 12.7 Å². The number of aromatic nitrogens is 1. The number of rotatable bonds is 6. The van der Waals surface area contributed by atoms with Crippen molar-refractivity contribution in [2.24, 2.45) is 0 Å². The van der Waals surface area contributed by atoms with E-state index < -0.39 is 6.10 Å². The van der Waals surface area contributed by atoms with Crippen LogP contribution in [0.2, 0.25) is 0 Å². The molecule has 2 unspecified atom stereocenters. The van der Waals surface area contributed by atoms with Crippen molar-refractivity contribution in [3.63, 3.8) is 0 Å². The summed E-state index contributed by atoms with van der Waals surface area (Å²) < 4.78 is 43.5. The van der Waals surface area contributed by atoms with Gasteiger partial charge < -0.3 is 23.4 Å². The smallest absolute Gasteiger partial charge is 0.306 e. The van der Waals surface area contributed by atoms with Crippen molar-refractivity contribution in [1.29, 1.82) is 0 Å². The third-order valence-electron chi connectivity index (χ3n) is 6.72. The van der Waals surface area contributed by atoms with Crippen LogP contribution in [-0.4, -0.2) is 24.7 Å². The largest absolute Gasteiger partial charge is 0.492 e. The van der Waals surface area contributed by atoms with Gasteiger partial charge in [0.15, 0.2) is 11.5 Å². The number of esters is 1. The second-order valence-electron chi connectivity index (χ2n) is 9.04. The lowest BCUT2D eigenvalue weighted by molar-refractivity contribution is -0.141. The first-order valence-corrected chi connectivity index (χ1v) is 11.8. The molecule has 1 aliphatic carbocycles. The number of carbonyl (C=O) groups is 1. The lowest BCUT2D eigenvalue weighted by atomic mass is 9.98. The number of nitrogens with zero attached hydrogens (tertiary/aromatic N) is 1. The summed E-state index contributed by atoms with van der Waals surface area (Å²) in [5, 5.41) is 0. The maximum Gasteiger partial charge on any atom is 0.306 e. The van der Waals surface area contributed by atoms with Crippen molar-refractivity contribution in [3.05, 3.63) is 76.9 Å². The van der Waals surface area contributed by atoms with Crippen LogP contribution in [0.1, 0.15) is 47.4 Å². The zero-order chi connectivity index (χ0) is 24.8. The van der Waals surface area contributed by atoms with Gasteiger partial charge in [0.2, 0.25) is 0 Å². The molecule has 2 aliphatic rings. The summed E-state index contributed by atoms with van der Waals surface area (Å²) in [7, 11) is 1.38. The average Bonchev–Trinajstić information content (AvgIpc) is 3.57. The summed E-state index contributed by atoms with van der Waals surface area (Å²) in [4.78, 5) is 16.0. The number of carbonyl (C=O) groups excluding carboxylic acids is 1. The Labute approximate surface area is 206 Å². The Bertz CT molecular complexity index is 1480. The highest BCUT2D eigenvalue weighted by molar-refractivity contribution is 5.74. The Kier molecular flexibility index (Phi) is 5.51. The number of ether oxygens (including phenoxy) is 4. The Morgan fingerprint density at radius 3 is 2.86 bits per heavy atom. The van der Waals surface area contributed by atoms with Crippen LogP contribution in [-0.2, 0) is 16.0 Å². The normalized spacial score (nSPS) is 18.0. The highest BCUT2D eigenvalue weighted by Crippen LogP contribution is 2.44. The van der Waals surface area contributed by atoms with Crippen LogP contribution in [0.15, 0.2) is 52.9 Å². The van der Waals surface area contributed by atoms with Gasteiger partial charge in [0.25, 0.3) is 0 Å². The molecular formula is C28H24FNO6. The van der Waals surface area contributed by atoms with E-state index in [1.807, 2.05) is 24.3 Å². The summed E-state index contributed by atoms with van der Waals surface area (Å²) in [5.74, 6) is 2.38. The Morgan fingerprint density at radius 1 is 1.14 bits per heavy atom. The second-order valence-corrected chi connectivity index (χ2v) is 9.04. The van der Waals surface area contributed by atoms with Crippen LogP contribution < -0.4 is 14.2 Å². The van der Waals surface area contributed by atoms with Gasteiger partial charge in [-0.15, -0.1) is 0 Å². The Morgan fingerprint density at radius 2 is 2.00 bits per heavy atom. The minimum Gasteiger partial charge on any atom is -0.492 e. The van der Waals surface area contributed by atoms with E-state index in [1.54, 1.807) is 25.1 Å². The van der Waals surface area contributed by atoms with E-state index in [0.717, 1.165) is 16.6 Å². The van der Waals surface area contributed by atoms with Crippen molar-refractivity contribution in [2.45, 2.75) is 38.2 Å². The number of oxazole rings is 1. The average molecular weight is 489 g/mol. The van der Waals surface area contributed by atoms with Crippen molar-refractivity contribution in [3.8, 4) is 23.0 Å². The molecule has 0 saturated carbocycles. The molecule has 8 heteroatoms. The first-order chi connectivity index (χ1) is 17.5. The molecule has 1 aromatic heterocycles. The molecule has 0 bridgehead atoms. The third kappa shape index (κ3) is 4.02. The van der Waals surface area contributed by atoms with Gasteiger partial charge in [-0.25, -0.2) is 9.37 Å². The minimum atomic E-state index is -0.451. The fourth-order valence-corrected chi connectivity index (χ4v) is 5.01. The molecule has 0 radical (unpaired) electrons. The third-order valence-corrected chi connectivity index (χ3v) is 6.72. The highest BCUT2D eigenvalue weighted by Gasteiger charge is 2.32. The summed E-state index contributed by atoms with van der Waals surface area (Å²) in [6.07, 6.45) is 1.06. The molecule has 7 nitrogen and oxygen atoms in total. The van der Waals surface area contributed by atoms with Crippen molar-refractivity contribution >= 4 is 17.1 Å². The predicted octanol–water partition coefficient (Wildman–Crippen LogP) is 6.17. The minimum absolute atomic E-state index is 0.0500. The lowest BCUT2D eigenvalue weighted by Crippen LogP contribution is -2.09. The van der Waals surface area contributed by atoms with Crippen LogP contribution in [0.25, 0.3) is 11.1 Å². The number of halogens is 1. The van der Waals surface area contributed by atoms with E-state index in [0.29, 0.717) is 59.5 Å². The molecule has 3 aromatic carbocycles. The Hall–Kier alpha value is -4.07. The highest BCUT2D eigenvalue weighted by atomic mass is 19.1. The fraction of sp³-hybridized carbons (Fsp3) is 0.286. The van der Waals surface area contributed by atoms with E-state index in [4.69, 9.17) is 23.4 Å². The van der Waals surface area contributed by atoms with Gasteiger partial charge in [-0.05, 0) is 43.2 Å². The number of hydrogen-bond donors (Lipinski definition) is 0. The topological polar surface area (TPSA) is 80.0 Å². The summed E-state index contributed by atoms with van der Waals surface area (Å²) >= 11 is 0. The van der Waals surface area contributed by atoms with E-state index >= 15 is 0 Å². The van der Waals surface area contributed by atoms with Gasteiger partial charge in [-0.3, -0.25) is 4.79 Å². The molecule has 0 saturated heterocycles. The van der Waals surface area contributed by atoms with Gasteiger partial charge in [-0.2, -0.15) is 0 Å². The molecule has 184 valence electrons. The zero-order valence-corrected chi connectivity index (χ0v) is 19.9. The monoisotopic (exact) mass is 489 g/mol. The van der Waals surface area contributed by atoms with Crippen LogP contribution in [0.3, 0.4) is 0 Å². The van der Waals surface area contributed by atoms with E-state index in [2.05, 4.69) is 4.98 Å². The number of methoxy groups -OCH3 is 1. The van der Waals surface area contributed by atoms with Crippen LogP contribution >= 0.6 is 0 Å². The van der Waals surface area contributed by atoms with E-state index in [9.17, 15) is 9.18 Å². The molecule has 0 N–H and O–H groups in total. The maximum atomic E-state index is 15.0. The van der Waals surface area contributed by atoms with Gasteiger partial charge >= 0.3 is 5.97 Å². The quantitative estimate of drug-likeness (QED) is 0.300. The Balaban J connectivity index is 1.22. The molecule has 4 aromatic rings. The molecule has 1 aliphatic heterocycles. The first-order valence-electron chi connectivity index (χ1n) is 11.8. The standard InChI is InChI=1S/C28H24FNO6/c1-15-30-22-8-4-18(13-26(22)34-15)35-23-10-7-21(29)28-20(23)6-9-24(28)36-17-3-5-19-16(11-27(31)32-2)14-33-25(19)12-17/h3-5,7-8,10,12-13,16,24H,6,9,11,14H2,1-2H3. The SMILES string of the molecule is COC(=O)CC1COc2cc(OC3CCc4c(Oc5ccc6nc(C)oc6c5)ccc(F)c43)ccc21. The van der Waals surface area contributed by atoms with E-state index in [-0.39, 0.29) is 24.1 Å². The number of aryl methyl sites for hydroxylation is 1. The van der Waals surface area contributed by atoms with Crippen molar-refractivity contribution < 1.29 is 32.5 Å². The maximum absolute atomic E-state index is 15.0. The molecular weight excluding hydrogens is 465 g/mol. The summed E-state index contributed by atoms with van der Waals surface area (Å²) in [6, 6.07) is 14.0. The molecule has 2 atom stereocenters. The van der Waals surface area contributed by atoms with E-state index in [1.165, 1.54) is 13.2 Å². The first kappa shape index (κ1) is 22.4.